The fraction of sp³-hybridized carbons (Fsp3) is 0.407. The maximum atomic E-state index is 11.3. The van der Waals surface area contributed by atoms with Crippen LogP contribution >= 0.6 is 34.0 Å². The lowest BCUT2D eigenvalue weighted by Crippen LogP contribution is -2.20. The summed E-state index contributed by atoms with van der Waals surface area (Å²) in [5.74, 6) is 2.38. The predicted octanol–water partition coefficient (Wildman–Crippen LogP) is 26.2. The molecule has 0 saturated heterocycles. The molecule has 0 bridgehead atoms. The average Bonchev–Trinajstić information content (AvgIpc) is 1.36. The number of amides is 4. The number of H-pyrrole nitrogens is 4. The molecule has 22 nitrogen and oxygen atoms in total. The van der Waals surface area contributed by atoms with Gasteiger partial charge in [0, 0.05) is 76.7 Å². The topological polar surface area (TPSA) is 314 Å². The van der Waals surface area contributed by atoms with E-state index in [-0.39, 0.29) is 88.3 Å². The van der Waals surface area contributed by atoms with Gasteiger partial charge in [-0.3, -0.25) is 38.9 Å². The van der Waals surface area contributed by atoms with Crippen LogP contribution in [0.25, 0.3) is 52.7 Å². The van der Waals surface area contributed by atoms with Crippen LogP contribution in [0.3, 0.4) is 0 Å². The summed E-state index contributed by atoms with van der Waals surface area (Å²) in [7, 11) is 0. The zero-order chi connectivity index (χ0) is 102. The number of anilines is 3. The molecule has 0 saturated carbocycles. The molecule has 0 radical (unpaired) electrons. The third-order valence-corrected chi connectivity index (χ3v) is 27.4. The minimum absolute atomic E-state index is 0.0195. The van der Waals surface area contributed by atoms with Crippen molar-refractivity contribution in [1.82, 2.24) is 45.2 Å². The van der Waals surface area contributed by atoms with Gasteiger partial charge in [0.15, 0.2) is 17.1 Å². The van der Waals surface area contributed by atoms with Crippen LogP contribution in [-0.2, 0) is 94.3 Å². The normalized spacial score (nSPS) is 13.8. The zero-order valence-corrected chi connectivity index (χ0v) is 88.6. The van der Waals surface area contributed by atoms with Gasteiger partial charge < -0.3 is 50.1 Å². The Kier molecular flexibility index (Phi) is 32.3. The molecule has 138 heavy (non-hydrogen) atoms. The van der Waals surface area contributed by atoms with Gasteiger partial charge in [-0.15, -0.1) is 22.7 Å². The number of imidazole rings is 1. The number of ether oxygens (including phenoxy) is 2. The van der Waals surface area contributed by atoms with Crippen molar-refractivity contribution in [2.75, 3.05) is 22.7 Å². The van der Waals surface area contributed by atoms with Gasteiger partial charge in [-0.2, -0.15) is 0 Å². The molecule has 4 amide bonds. The highest BCUT2D eigenvalue weighted by atomic mass is 32.1. The average molecular weight is 1920 g/mol. The van der Waals surface area contributed by atoms with Gasteiger partial charge in [0.05, 0.1) is 59.5 Å². The predicted molar refractivity (Wildman–Crippen MR) is 571 cm³/mol. The molecule has 0 spiro atoms. The molecule has 0 fully saturated rings. The lowest BCUT2D eigenvalue weighted by molar-refractivity contribution is -0.116. The fourth-order valence-electron chi connectivity index (χ4n) is 14.8. The summed E-state index contributed by atoms with van der Waals surface area (Å²) in [6, 6.07) is 51.1. The first-order valence-corrected chi connectivity index (χ1v) is 49.5. The summed E-state index contributed by atoms with van der Waals surface area (Å²) in [5.41, 5.74) is 23.8. The molecule has 13 heterocycles. The van der Waals surface area contributed by atoms with Crippen molar-refractivity contribution in [3.8, 4) is 11.5 Å². The van der Waals surface area contributed by atoms with Crippen LogP contribution in [0.4, 0.5) is 17.2 Å². The number of carbonyl (C=O) groups excluding carboxylic acids is 4. The Morgan fingerprint density at radius 3 is 1.43 bits per heavy atom. The Balaban J connectivity index is 0.000000147. The van der Waals surface area contributed by atoms with Crippen LogP contribution < -0.4 is 47.1 Å². The third kappa shape index (κ3) is 28.9. The summed E-state index contributed by atoms with van der Waals surface area (Å²) in [5, 5.41) is 13.8. The number of aryl methyl sites for hydroxylation is 1. The molecule has 5 aliphatic rings. The number of nitrogens with zero attached hydrogens (tertiary/aromatic N) is 4. The van der Waals surface area contributed by atoms with Crippen molar-refractivity contribution < 1.29 is 33.1 Å². The van der Waals surface area contributed by atoms with E-state index >= 15 is 0 Å². The van der Waals surface area contributed by atoms with Crippen LogP contribution in [0, 0.1) is 0 Å². The van der Waals surface area contributed by atoms with Gasteiger partial charge in [0.25, 0.3) is 5.91 Å². The Hall–Kier alpha value is -12.5. The van der Waals surface area contributed by atoms with Crippen LogP contribution in [0.5, 0.6) is 11.5 Å². The number of hydrogen-bond acceptors (Lipinski definition) is 17. The summed E-state index contributed by atoms with van der Waals surface area (Å²) in [6.45, 7) is 66.3. The van der Waals surface area contributed by atoms with E-state index in [1.165, 1.54) is 80.5 Å². The Bertz CT molecular complexity index is 6620. The van der Waals surface area contributed by atoms with E-state index in [0.717, 1.165) is 95.2 Å². The molecular weight excluding hydrogens is 1780 g/mol. The number of carbonyl (C=O) groups is 4. The molecular formula is C113H140N12O10S3. The van der Waals surface area contributed by atoms with E-state index in [1.807, 2.05) is 115 Å². The molecule has 7 aromatic carbocycles. The molecule has 5 aliphatic heterocycles. The summed E-state index contributed by atoms with van der Waals surface area (Å²) >= 11 is 4.84. The van der Waals surface area contributed by atoms with Gasteiger partial charge in [-0.25, -0.2) is 19.6 Å². The smallest absolute Gasteiger partial charge is 0.417 e. The van der Waals surface area contributed by atoms with Crippen LogP contribution in [0.1, 0.15) is 301 Å². The molecule has 0 unspecified atom stereocenters. The minimum Gasteiger partial charge on any atom is -0.454 e. The molecule has 15 aromatic rings. The number of pyridine rings is 3. The van der Waals surface area contributed by atoms with Gasteiger partial charge in [-0.05, 0) is 213 Å². The van der Waals surface area contributed by atoms with Crippen molar-refractivity contribution in [1.29, 1.82) is 0 Å². The first-order chi connectivity index (χ1) is 64.0. The molecule has 0 atom stereocenters. The van der Waals surface area contributed by atoms with E-state index in [2.05, 4.69) is 342 Å². The SMILES string of the molecule is CC(C)(C)c1cc2ccncc2s1.CC(C)(C)c1ccc2[nH]c(=O)[nH]c2c1.CC(C)(C)c1ccc2[nH]c(=O)oc2c1.CC(C)(C)c1ccc2[nH]c(=O)sc2c1.CC(C)(C)c1ccc2c(c1)CC(=O)N2.CC(C)(C)c1ccc2c(c1)CCC(=O)N2.CC(C)(C)c1ccc2c(c1)CNC2=O.CC(C)(C)c1ccc2c(c1)OCO2.CC(C)(C)c1cnc2c(c1)CC(=O)N2.CC(C)(C)c1nc2ccncc2s1. The molecule has 0 aliphatic carbocycles. The molecule has 730 valence electrons. The number of nitrogens with one attached hydrogen (secondary N) is 8. The maximum absolute atomic E-state index is 11.3. The number of thiophene rings is 1. The van der Waals surface area contributed by atoms with Crippen molar-refractivity contribution in [3.05, 3.63) is 296 Å². The number of aromatic amines is 4. The quantitative estimate of drug-likeness (QED) is 0.0700. The second kappa shape index (κ2) is 42.1. The van der Waals surface area contributed by atoms with E-state index in [4.69, 9.17) is 13.9 Å². The zero-order valence-electron chi connectivity index (χ0n) is 86.2. The number of oxazole rings is 1. The Labute approximate surface area is 824 Å². The number of thiazole rings is 2. The van der Waals surface area contributed by atoms with Gasteiger partial charge in [0.2, 0.25) is 24.5 Å². The lowest BCUT2D eigenvalue weighted by Gasteiger charge is -2.23. The summed E-state index contributed by atoms with van der Waals surface area (Å²) < 4.78 is 19.1. The number of rotatable bonds is 0. The maximum Gasteiger partial charge on any atom is 0.417 e. The van der Waals surface area contributed by atoms with Crippen LogP contribution in [0.2, 0.25) is 0 Å². The standard InChI is InChI=1S/C13H17NO.2C12H15NO.2C11H14N2O.C11H13NO2.C11H13NOS.C11H13NS.C11H14O2.C10H12N2S/c1-13(2,3)10-5-6-11-9(8-10)4-7-12(15)14-11;1-12(2,3)9-4-5-10-8(6-9)7-13-11(10)14;1-12(2,3)9-4-5-10-8(6-9)7-11(14)13-10;1-11(2,3)8-4-7-5-9(14)13-10(7)12-6-8;1-11(2,3)7-4-5-8-9(6-7)13-10(14)12-8;2*1-11(2,3)7-4-5-8-9(6-7)14-10(13)12-8;1-11(2,3)10-6-8-4-5-12-7-9(8)13-10;1-11(2,3)8-4-5-9-10(6-8)13-7-12-9;1-10(2,3)9-12-7-4-5-11-6-8(7)13-9/h5-6,8H,4,7H2,1-3H3,(H,14,15);2*4-6H,7H2,1-3H3,(H,13,14);4,6H,5H2,1-3H3,(H,12,13,14);4-6H,1-3H3,(H2,12,13,14);2*4-6H,1-3H3,(H,12,13);4-7H,1-3H3;4-6H,7H2,1-3H3;4-6H,1-3H3. The number of aromatic nitrogens is 8. The molecule has 8 N–H and O–H groups in total. The van der Waals surface area contributed by atoms with Crippen molar-refractivity contribution in [2.45, 2.75) is 294 Å². The molecule has 25 heteroatoms. The van der Waals surface area contributed by atoms with Crippen molar-refractivity contribution in [2.24, 2.45) is 0 Å². The first-order valence-electron chi connectivity index (χ1n) is 47.0. The fourth-order valence-corrected chi connectivity index (χ4v) is 17.7. The number of hydrogen-bond donors (Lipinski definition) is 8. The highest BCUT2D eigenvalue weighted by molar-refractivity contribution is 7.19. The largest absolute Gasteiger partial charge is 0.454 e. The molecule has 20 rings (SSSR count). The highest BCUT2D eigenvalue weighted by Gasteiger charge is 2.29. The van der Waals surface area contributed by atoms with Gasteiger partial charge >= 0.3 is 16.3 Å². The van der Waals surface area contributed by atoms with E-state index < -0.39 is 5.76 Å². The Morgan fingerprint density at radius 2 is 0.833 bits per heavy atom. The number of fused-ring (bicyclic) bond motifs is 10. The second-order valence-electron chi connectivity index (χ2n) is 45.8. The van der Waals surface area contributed by atoms with Crippen LogP contribution in [-0.4, -0.2) is 70.3 Å². The van der Waals surface area contributed by atoms with Crippen molar-refractivity contribution >= 4 is 127 Å². The highest BCUT2D eigenvalue weighted by Crippen LogP contribution is 2.40. The van der Waals surface area contributed by atoms with E-state index in [0.29, 0.717) is 38.2 Å². The molecule has 8 aromatic heterocycles. The van der Waals surface area contributed by atoms with Gasteiger partial charge in [0.1, 0.15) is 5.82 Å². The van der Waals surface area contributed by atoms with E-state index in [1.54, 1.807) is 17.5 Å². The van der Waals surface area contributed by atoms with Gasteiger partial charge in [-0.1, -0.05) is 280 Å². The van der Waals surface area contributed by atoms with Crippen molar-refractivity contribution in [3.63, 3.8) is 0 Å². The minimum atomic E-state index is -0.397. The Morgan fingerprint density at radius 1 is 0.348 bits per heavy atom. The second-order valence-corrected chi connectivity index (χ2v) is 48.9. The lowest BCUT2D eigenvalue weighted by atomic mass is 9.85. The number of benzene rings is 7. The van der Waals surface area contributed by atoms with Crippen LogP contribution in [0.15, 0.2) is 201 Å². The first kappa shape index (κ1) is 106. The summed E-state index contributed by atoms with van der Waals surface area (Å²) in [6.07, 6.45) is 11.8. The monoisotopic (exact) mass is 1920 g/mol. The summed E-state index contributed by atoms with van der Waals surface area (Å²) in [4.78, 5) is 107. The van der Waals surface area contributed by atoms with E-state index in [9.17, 15) is 33.6 Å². The third-order valence-electron chi connectivity index (χ3n) is 23.6.